The van der Waals surface area contributed by atoms with Crippen LogP contribution in [0.5, 0.6) is 0 Å². The van der Waals surface area contributed by atoms with E-state index in [1.54, 1.807) is 0 Å². The van der Waals surface area contributed by atoms with Crippen molar-refractivity contribution in [2.45, 2.75) is 90.9 Å². The summed E-state index contributed by atoms with van der Waals surface area (Å²) >= 11 is 0. The summed E-state index contributed by atoms with van der Waals surface area (Å²) in [7, 11) is -1.99. The number of benzene rings is 6. The van der Waals surface area contributed by atoms with Crippen molar-refractivity contribution in [2.24, 2.45) is 0 Å². The quantitative estimate of drug-likeness (QED) is 0.132. The topological polar surface area (TPSA) is 43.0 Å². The number of anilines is 3. The summed E-state index contributed by atoms with van der Waals surface area (Å²) in [6, 6.07) is 60.9. The molecule has 68 heavy (non-hydrogen) atoms. The van der Waals surface area contributed by atoms with E-state index in [1.807, 2.05) is 0 Å². The second kappa shape index (κ2) is 28.6. The number of nitrogens with one attached hydrogen (secondary N) is 1. The van der Waals surface area contributed by atoms with Crippen LogP contribution < -0.4 is 65.4 Å². The zero-order valence-corrected chi connectivity index (χ0v) is 46.7. The van der Waals surface area contributed by atoms with Gasteiger partial charge in [0.1, 0.15) is 0 Å². The van der Waals surface area contributed by atoms with Crippen molar-refractivity contribution in [1.82, 2.24) is 0 Å². The van der Waals surface area contributed by atoms with Crippen LogP contribution in [0.1, 0.15) is 91.2 Å². The van der Waals surface area contributed by atoms with Crippen LogP contribution in [0.2, 0.25) is 0 Å². The van der Waals surface area contributed by atoms with E-state index in [-0.39, 0.29) is 61.3 Å². The summed E-state index contributed by atoms with van der Waals surface area (Å²) < 4.78 is 14.8. The van der Waals surface area contributed by atoms with Gasteiger partial charge in [0, 0.05) is 61.2 Å². The van der Waals surface area contributed by atoms with Crippen molar-refractivity contribution in [3.63, 3.8) is 0 Å². The summed E-state index contributed by atoms with van der Waals surface area (Å²) in [5.74, 6) is 0. The molecule has 0 spiro atoms. The van der Waals surface area contributed by atoms with E-state index in [0.717, 1.165) is 45.3 Å². The van der Waals surface area contributed by atoms with E-state index in [0.29, 0.717) is 0 Å². The van der Waals surface area contributed by atoms with Crippen molar-refractivity contribution >= 4 is 54.1 Å². The van der Waals surface area contributed by atoms with E-state index < -0.39 is 15.8 Å². The Kier molecular flexibility index (Phi) is 24.2. The minimum absolute atomic E-state index is 0. The number of rotatable bonds is 7. The molecule has 0 radical (unpaired) electrons. The molecular weight excluding hydrogens is 1050 g/mol. The number of halogens is 2. The molecular formula is C58H70Br2N2NiO3P2. The Morgan fingerprint density at radius 3 is 1.09 bits per heavy atom. The smallest absolute Gasteiger partial charge is 1.00 e. The monoisotopic (exact) mass is 1120 g/mol. The molecule has 0 aromatic heterocycles. The average Bonchev–Trinajstić information content (AvgIpc) is 4.19. The first-order valence-corrected chi connectivity index (χ1v) is 26.4. The van der Waals surface area contributed by atoms with Crippen LogP contribution in [0.25, 0.3) is 0 Å². The molecule has 6 aromatic rings. The van der Waals surface area contributed by atoms with Crippen molar-refractivity contribution in [2.75, 3.05) is 49.9 Å². The Hall–Kier alpha value is -3.15. The van der Waals surface area contributed by atoms with Crippen LogP contribution in [-0.4, -0.2) is 39.6 Å². The normalized spacial score (nSPS) is 15.1. The van der Waals surface area contributed by atoms with Gasteiger partial charge in [-0.1, -0.05) is 181 Å². The predicted molar refractivity (Wildman–Crippen MR) is 281 cm³/mol. The fraction of sp³-hybridized carbons (Fsp3) is 0.345. The molecule has 10 heteroatoms. The molecule has 5 nitrogen and oxygen atoms in total. The van der Waals surface area contributed by atoms with E-state index in [2.05, 4.69) is 216 Å². The first-order valence-electron chi connectivity index (χ1n) is 23.7. The number of hydrogen-bond acceptors (Lipinski definition) is 5. The molecule has 3 saturated heterocycles. The first-order chi connectivity index (χ1) is 31.6. The van der Waals surface area contributed by atoms with Crippen molar-refractivity contribution in [3.8, 4) is 0 Å². The van der Waals surface area contributed by atoms with Gasteiger partial charge in [-0.2, -0.15) is 0 Å². The summed E-state index contributed by atoms with van der Waals surface area (Å²) in [6.45, 7) is 19.8. The minimum Gasteiger partial charge on any atom is -1.00 e. The molecule has 0 atom stereocenters. The van der Waals surface area contributed by atoms with Gasteiger partial charge in [0.25, 0.3) is 0 Å². The van der Waals surface area contributed by atoms with Gasteiger partial charge < -0.3 is 58.4 Å². The molecule has 1 N–H and O–H groups in total. The van der Waals surface area contributed by atoms with Gasteiger partial charge in [-0.25, -0.2) is 0 Å². The van der Waals surface area contributed by atoms with Gasteiger partial charge in [0.15, 0.2) is 0 Å². The SMILES string of the molecule is C1CCOC1.C1CCOC1.C1CCOC1.CC(C)(C)c1ccc(N2C(P(c3ccccc3)c3ccccc3)=C(P(c3ccccc3)c3ccccc3)Nc3ccc(C(C)(C)C)cc32)cc1.[Br-].[Br-].[Ni+2]. The zero-order valence-electron chi connectivity index (χ0n) is 40.7. The van der Waals surface area contributed by atoms with E-state index in [4.69, 9.17) is 14.2 Å². The molecule has 0 aliphatic carbocycles. The molecule has 4 aliphatic heterocycles. The molecule has 4 heterocycles. The summed E-state index contributed by atoms with van der Waals surface area (Å²) in [5.41, 5.74) is 8.77. The third kappa shape index (κ3) is 15.9. The van der Waals surface area contributed by atoms with Crippen LogP contribution in [-0.2, 0) is 41.5 Å². The molecule has 10 rings (SSSR count). The van der Waals surface area contributed by atoms with Crippen molar-refractivity contribution < 1.29 is 64.7 Å². The minimum atomic E-state index is -1.02. The zero-order chi connectivity index (χ0) is 45.5. The fourth-order valence-electron chi connectivity index (χ4n) is 8.07. The first kappa shape index (κ1) is 57.4. The fourth-order valence-corrected chi connectivity index (χ4v) is 13.4. The van der Waals surface area contributed by atoms with Crippen LogP contribution in [0.3, 0.4) is 0 Å². The second-order valence-electron chi connectivity index (χ2n) is 18.9. The average molecular weight is 1120 g/mol. The summed E-state index contributed by atoms with van der Waals surface area (Å²) in [5, 5.41) is 9.45. The molecule has 0 amide bonds. The Bertz CT molecular complexity index is 2240. The Morgan fingerprint density at radius 2 is 0.765 bits per heavy atom. The molecule has 0 bridgehead atoms. The summed E-state index contributed by atoms with van der Waals surface area (Å²) in [4.78, 5) is 2.61. The van der Waals surface area contributed by atoms with Crippen LogP contribution in [0.15, 0.2) is 175 Å². The maximum atomic E-state index is 4.94. The van der Waals surface area contributed by atoms with Gasteiger partial charge in [0.05, 0.1) is 22.3 Å². The largest absolute Gasteiger partial charge is 2.00 e. The Labute approximate surface area is 442 Å². The maximum absolute atomic E-state index is 4.94. The van der Waals surface area contributed by atoms with Gasteiger partial charge in [-0.15, -0.1) is 0 Å². The van der Waals surface area contributed by atoms with Gasteiger partial charge in [0.2, 0.25) is 0 Å². The molecule has 4 aliphatic rings. The van der Waals surface area contributed by atoms with Crippen LogP contribution in [0.4, 0.5) is 17.1 Å². The van der Waals surface area contributed by atoms with E-state index in [9.17, 15) is 0 Å². The van der Waals surface area contributed by atoms with E-state index in [1.165, 1.54) is 93.1 Å². The third-order valence-electron chi connectivity index (χ3n) is 11.7. The van der Waals surface area contributed by atoms with Gasteiger partial charge in [-0.3, -0.25) is 0 Å². The number of fused-ring (bicyclic) bond motifs is 1. The molecule has 3 fully saturated rings. The van der Waals surface area contributed by atoms with Crippen LogP contribution in [0, 0.1) is 0 Å². The predicted octanol–water partition coefficient (Wildman–Crippen LogP) is 7.63. The molecule has 364 valence electrons. The molecule has 0 saturated carbocycles. The Morgan fingerprint density at radius 1 is 0.426 bits per heavy atom. The Balaban J connectivity index is 0.000000476. The van der Waals surface area contributed by atoms with Crippen LogP contribution >= 0.6 is 15.8 Å². The van der Waals surface area contributed by atoms with E-state index >= 15 is 0 Å². The van der Waals surface area contributed by atoms with Crippen molar-refractivity contribution in [3.05, 3.63) is 186 Å². The summed E-state index contributed by atoms with van der Waals surface area (Å²) in [6.07, 6.45) is 7.67. The maximum Gasteiger partial charge on any atom is 2.00 e. The second-order valence-corrected chi connectivity index (χ2v) is 23.2. The number of nitrogens with zero attached hydrogens (tertiary/aromatic N) is 1. The molecule has 0 unspecified atom stereocenters. The van der Waals surface area contributed by atoms with Gasteiger partial charge in [-0.05, 0) is 106 Å². The number of hydrogen-bond donors (Lipinski definition) is 1. The standard InChI is InChI=1S/C46H46N2P2.3C4H8O.2BrH.Ni/c1-45(2,3)34-27-30-36(31-28-34)48-42-33-35(46(4,5)6)29-32-41(42)47-43(49(37-19-11-7-12-20-37)38-21-13-8-14-22-38)44(48)50(39-23-15-9-16-24-39)40-25-17-10-18-26-40;3*1-2-4-5-3-1;;;/h7-33,47H,1-6H3;3*1-4H2;2*1H;/q;;;;;;+2/p-2. The third-order valence-corrected chi connectivity index (χ3v) is 16.8. The molecule has 6 aromatic carbocycles. The number of ether oxygens (including phenoxy) is 3. The van der Waals surface area contributed by atoms with Gasteiger partial charge >= 0.3 is 16.5 Å². The van der Waals surface area contributed by atoms with Crippen molar-refractivity contribution in [1.29, 1.82) is 0 Å².